The summed E-state index contributed by atoms with van der Waals surface area (Å²) in [5, 5.41) is 12.9. The number of carboxylic acids is 1. The van der Waals surface area contributed by atoms with Crippen LogP contribution in [0.1, 0.15) is 94.4 Å². The van der Waals surface area contributed by atoms with E-state index in [4.69, 9.17) is 4.74 Å². The number of rotatable bonds is 11. The lowest BCUT2D eigenvalue weighted by atomic mass is 9.65. The summed E-state index contributed by atoms with van der Waals surface area (Å²) in [4.78, 5) is 37.6. The van der Waals surface area contributed by atoms with Crippen LogP contribution in [-0.2, 0) is 19.1 Å². The molecule has 0 aliphatic carbocycles. The van der Waals surface area contributed by atoms with E-state index in [0.29, 0.717) is 13.0 Å². The maximum atomic E-state index is 12.7. The molecule has 164 valence electrons. The van der Waals surface area contributed by atoms with Crippen molar-refractivity contribution in [3.63, 3.8) is 0 Å². The number of carbonyl (C=O) groups excluding carboxylic acids is 2. The number of esters is 1. The first-order chi connectivity index (χ1) is 12.5. The Labute approximate surface area is 170 Å². The van der Waals surface area contributed by atoms with Crippen LogP contribution in [0.5, 0.6) is 0 Å². The third kappa shape index (κ3) is 7.80. The van der Waals surface area contributed by atoms with E-state index in [1.54, 1.807) is 27.7 Å². The first-order valence-corrected chi connectivity index (χ1v) is 10.3. The number of hydrogen-bond acceptors (Lipinski definition) is 4. The van der Waals surface area contributed by atoms with Gasteiger partial charge in [-0.3, -0.25) is 14.4 Å². The number of carboxylic acid groups (broad SMARTS) is 1. The van der Waals surface area contributed by atoms with Crippen molar-refractivity contribution in [3.8, 4) is 0 Å². The van der Waals surface area contributed by atoms with Crippen LogP contribution in [0.3, 0.4) is 0 Å². The minimum atomic E-state index is -1.24. The number of carbonyl (C=O) groups is 3. The van der Waals surface area contributed by atoms with Crippen LogP contribution in [0.15, 0.2) is 0 Å². The molecule has 28 heavy (non-hydrogen) atoms. The number of nitrogens with one attached hydrogen (secondary N) is 1. The molecular weight excluding hydrogens is 358 g/mol. The summed E-state index contributed by atoms with van der Waals surface area (Å²) >= 11 is 0. The molecule has 0 aromatic heterocycles. The molecule has 1 amide bonds. The summed E-state index contributed by atoms with van der Waals surface area (Å²) < 4.78 is 5.40. The van der Waals surface area contributed by atoms with E-state index in [1.165, 1.54) is 0 Å². The molecule has 0 fully saturated rings. The number of aliphatic carboxylic acids is 1. The van der Waals surface area contributed by atoms with Crippen molar-refractivity contribution < 1.29 is 24.2 Å². The molecule has 0 saturated heterocycles. The Kier molecular flexibility index (Phi) is 9.19. The van der Waals surface area contributed by atoms with Crippen LogP contribution in [0.4, 0.5) is 0 Å². The molecule has 2 atom stereocenters. The average molecular weight is 400 g/mol. The molecule has 0 heterocycles. The Morgan fingerprint density at radius 3 is 1.82 bits per heavy atom. The summed E-state index contributed by atoms with van der Waals surface area (Å²) in [7, 11) is 0. The highest BCUT2D eigenvalue weighted by Crippen LogP contribution is 2.45. The lowest BCUT2D eigenvalue weighted by Crippen LogP contribution is -2.50. The molecule has 0 spiro atoms. The van der Waals surface area contributed by atoms with Crippen LogP contribution in [0, 0.1) is 16.2 Å². The number of amides is 1. The zero-order chi connectivity index (χ0) is 22.4. The molecule has 0 aromatic rings. The Bertz CT molecular complexity index is 564. The lowest BCUT2D eigenvalue weighted by molar-refractivity contribution is -0.163. The normalized spacial score (nSPS) is 16.6. The van der Waals surface area contributed by atoms with Gasteiger partial charge in [-0.15, -0.1) is 0 Å². The van der Waals surface area contributed by atoms with Gasteiger partial charge in [-0.2, -0.15) is 0 Å². The summed E-state index contributed by atoms with van der Waals surface area (Å²) in [5.41, 5.74) is -3.47. The predicted molar refractivity (Wildman–Crippen MR) is 111 cm³/mol. The quantitative estimate of drug-likeness (QED) is 0.392. The predicted octanol–water partition coefficient (Wildman–Crippen LogP) is 4.56. The molecule has 0 aliphatic heterocycles. The monoisotopic (exact) mass is 399 g/mol. The molecule has 2 N–H and O–H groups in total. The zero-order valence-electron chi connectivity index (χ0n) is 19.3. The van der Waals surface area contributed by atoms with Gasteiger partial charge in [0.1, 0.15) is 0 Å². The zero-order valence-corrected chi connectivity index (χ0v) is 19.3. The third-order valence-electron chi connectivity index (χ3n) is 5.24. The number of unbranched alkanes of at least 4 members (excludes halogenated alkanes) is 1. The van der Waals surface area contributed by atoms with Crippen LogP contribution >= 0.6 is 0 Å². The van der Waals surface area contributed by atoms with Crippen LogP contribution < -0.4 is 5.32 Å². The fourth-order valence-corrected chi connectivity index (χ4v) is 3.47. The lowest BCUT2D eigenvalue weighted by Gasteiger charge is -2.39. The largest absolute Gasteiger partial charge is 0.481 e. The Morgan fingerprint density at radius 1 is 0.893 bits per heavy atom. The second kappa shape index (κ2) is 9.75. The SMILES string of the molecule is CCCCOC(=O)C(C)(CC)CC(C)(CC(C)(C)C(=O)NC(C)(C)C)C(=O)O. The molecule has 0 aromatic carbocycles. The second-order valence-electron chi connectivity index (χ2n) is 10.2. The smallest absolute Gasteiger partial charge is 0.311 e. The van der Waals surface area contributed by atoms with E-state index in [9.17, 15) is 19.5 Å². The van der Waals surface area contributed by atoms with Crippen molar-refractivity contribution in [1.29, 1.82) is 0 Å². The molecule has 2 unspecified atom stereocenters. The van der Waals surface area contributed by atoms with Gasteiger partial charge >= 0.3 is 11.9 Å². The topological polar surface area (TPSA) is 92.7 Å². The highest BCUT2D eigenvalue weighted by Gasteiger charge is 2.48. The molecule has 0 bridgehead atoms. The minimum Gasteiger partial charge on any atom is -0.481 e. The van der Waals surface area contributed by atoms with Crippen molar-refractivity contribution in [2.75, 3.05) is 6.61 Å². The van der Waals surface area contributed by atoms with Gasteiger partial charge in [-0.25, -0.2) is 0 Å². The highest BCUT2D eigenvalue weighted by atomic mass is 16.5. The summed E-state index contributed by atoms with van der Waals surface area (Å²) in [5.74, 6) is -1.57. The van der Waals surface area contributed by atoms with Gasteiger partial charge in [0.05, 0.1) is 17.4 Å². The van der Waals surface area contributed by atoms with Gasteiger partial charge in [0.2, 0.25) is 5.91 Å². The summed E-state index contributed by atoms with van der Waals surface area (Å²) in [6, 6.07) is 0. The van der Waals surface area contributed by atoms with Gasteiger partial charge < -0.3 is 15.2 Å². The maximum Gasteiger partial charge on any atom is 0.311 e. The van der Waals surface area contributed by atoms with Crippen molar-refractivity contribution in [2.24, 2.45) is 16.2 Å². The minimum absolute atomic E-state index is 0.114. The van der Waals surface area contributed by atoms with Crippen molar-refractivity contribution >= 4 is 17.8 Å². The summed E-state index contributed by atoms with van der Waals surface area (Å²) in [6.07, 6.45) is 2.40. The molecule has 6 nitrogen and oxygen atoms in total. The first kappa shape index (κ1) is 26.4. The molecule has 0 saturated carbocycles. The average Bonchev–Trinajstić information content (AvgIpc) is 2.52. The van der Waals surface area contributed by atoms with Crippen LogP contribution in [0.25, 0.3) is 0 Å². The second-order valence-corrected chi connectivity index (χ2v) is 10.2. The molecular formula is C22H41NO5. The van der Waals surface area contributed by atoms with Crippen molar-refractivity contribution in [2.45, 2.75) is 100.0 Å². The van der Waals surface area contributed by atoms with Gasteiger partial charge in [0.15, 0.2) is 0 Å². The van der Waals surface area contributed by atoms with Gasteiger partial charge in [-0.05, 0) is 60.3 Å². The van der Waals surface area contributed by atoms with Gasteiger partial charge in [0, 0.05) is 11.0 Å². The highest BCUT2D eigenvalue weighted by molar-refractivity contribution is 5.84. The van der Waals surface area contributed by atoms with E-state index in [0.717, 1.165) is 12.8 Å². The Morgan fingerprint density at radius 2 is 1.43 bits per heavy atom. The summed E-state index contributed by atoms with van der Waals surface area (Å²) in [6.45, 7) is 16.7. The van der Waals surface area contributed by atoms with Crippen molar-refractivity contribution in [1.82, 2.24) is 5.32 Å². The molecule has 0 aliphatic rings. The molecule has 6 heteroatoms. The van der Waals surface area contributed by atoms with Crippen LogP contribution in [0.2, 0.25) is 0 Å². The fraction of sp³-hybridized carbons (Fsp3) is 0.864. The van der Waals surface area contributed by atoms with Crippen molar-refractivity contribution in [3.05, 3.63) is 0 Å². The Hall–Kier alpha value is -1.59. The Balaban J connectivity index is 5.57. The first-order valence-electron chi connectivity index (χ1n) is 10.3. The molecule has 0 radical (unpaired) electrons. The van der Waals surface area contributed by atoms with E-state index < -0.39 is 27.8 Å². The van der Waals surface area contributed by atoms with E-state index in [1.807, 2.05) is 34.6 Å². The fourth-order valence-electron chi connectivity index (χ4n) is 3.47. The standard InChI is InChI=1S/C22H41NO5/c1-10-12-13-28-18(27)21(8,11-2)15-22(9,17(25)26)14-20(6,7)16(24)23-19(3,4)5/h10-15H2,1-9H3,(H,23,24)(H,25,26). The van der Waals surface area contributed by atoms with Gasteiger partial charge in [0.25, 0.3) is 0 Å². The van der Waals surface area contributed by atoms with E-state index in [2.05, 4.69) is 5.32 Å². The van der Waals surface area contributed by atoms with E-state index in [-0.39, 0.29) is 24.7 Å². The van der Waals surface area contributed by atoms with Crippen LogP contribution in [-0.4, -0.2) is 35.1 Å². The van der Waals surface area contributed by atoms with Gasteiger partial charge in [-0.1, -0.05) is 34.1 Å². The maximum absolute atomic E-state index is 12.7. The number of hydrogen-bond donors (Lipinski definition) is 2. The number of ether oxygens (including phenoxy) is 1. The third-order valence-corrected chi connectivity index (χ3v) is 5.24. The van der Waals surface area contributed by atoms with E-state index >= 15 is 0 Å². The molecule has 0 rings (SSSR count).